The van der Waals surface area contributed by atoms with Crippen LogP contribution in [-0.2, 0) is 11.3 Å². The lowest BCUT2D eigenvalue weighted by molar-refractivity contribution is -0.120. The maximum absolute atomic E-state index is 13.0. The topological polar surface area (TPSA) is 75.4 Å². The van der Waals surface area contributed by atoms with Gasteiger partial charge in [0.1, 0.15) is 11.5 Å². The predicted octanol–water partition coefficient (Wildman–Crippen LogP) is 3.66. The van der Waals surface area contributed by atoms with Crippen LogP contribution in [0.15, 0.2) is 30.5 Å². The number of likely N-dealkylation sites (tertiary alicyclic amines) is 1. The Hall–Kier alpha value is -2.18. The number of carbonyl (C=O) groups is 2. The first-order valence-electron chi connectivity index (χ1n) is 10.1. The summed E-state index contributed by atoms with van der Waals surface area (Å²) in [6.45, 7) is 5.62. The summed E-state index contributed by atoms with van der Waals surface area (Å²) in [6.07, 6.45) is 3.75. The number of halogens is 1. The van der Waals surface area contributed by atoms with E-state index >= 15 is 0 Å². The van der Waals surface area contributed by atoms with Gasteiger partial charge in [-0.2, -0.15) is 0 Å². The third kappa shape index (κ3) is 5.46. The van der Waals surface area contributed by atoms with Gasteiger partial charge in [-0.05, 0) is 36.8 Å². The minimum absolute atomic E-state index is 0.101. The van der Waals surface area contributed by atoms with E-state index in [9.17, 15) is 9.59 Å². The van der Waals surface area contributed by atoms with Crippen molar-refractivity contribution >= 4 is 23.3 Å². The Bertz CT molecular complexity index is 878. The molecule has 1 amide bonds. The minimum Gasteiger partial charge on any atom is -0.396 e. The van der Waals surface area contributed by atoms with E-state index in [1.165, 1.54) is 0 Å². The average molecular weight is 418 g/mol. The van der Waals surface area contributed by atoms with Crippen LogP contribution in [0, 0.1) is 11.8 Å². The van der Waals surface area contributed by atoms with Crippen LogP contribution >= 0.6 is 11.6 Å². The van der Waals surface area contributed by atoms with E-state index in [1.54, 1.807) is 27.8 Å². The van der Waals surface area contributed by atoms with Gasteiger partial charge in [-0.1, -0.05) is 37.6 Å². The molecule has 1 aliphatic heterocycles. The van der Waals surface area contributed by atoms with Gasteiger partial charge in [0.25, 0.3) is 5.91 Å². The number of ketones is 1. The molecule has 0 saturated carbocycles. The van der Waals surface area contributed by atoms with Crippen LogP contribution in [0.4, 0.5) is 0 Å². The van der Waals surface area contributed by atoms with Gasteiger partial charge in [-0.15, -0.1) is 0 Å². The SMILES string of the molecule is CC(C)CC(=O)Cn1cc(C(=O)N2CCC(CCO)C2)nc1-c1cccc(Cl)c1. The number of aliphatic hydroxyl groups is 1. The summed E-state index contributed by atoms with van der Waals surface area (Å²) in [5, 5.41) is 9.72. The molecule has 1 saturated heterocycles. The van der Waals surface area contributed by atoms with E-state index in [0.29, 0.717) is 48.4 Å². The summed E-state index contributed by atoms with van der Waals surface area (Å²) in [5.41, 5.74) is 1.11. The molecule has 2 aromatic rings. The molecule has 1 N–H and O–H groups in total. The van der Waals surface area contributed by atoms with E-state index in [2.05, 4.69) is 4.98 Å². The van der Waals surface area contributed by atoms with Crippen molar-refractivity contribution in [3.8, 4) is 11.4 Å². The molecule has 3 rings (SSSR count). The van der Waals surface area contributed by atoms with Crippen molar-refractivity contribution in [2.75, 3.05) is 19.7 Å². The van der Waals surface area contributed by atoms with E-state index in [0.717, 1.165) is 12.0 Å². The Morgan fingerprint density at radius 3 is 2.83 bits per heavy atom. The number of Topliss-reactive ketones (excluding diaryl/α,β-unsaturated/α-hetero) is 1. The molecule has 0 radical (unpaired) electrons. The zero-order valence-electron chi connectivity index (χ0n) is 17.0. The fourth-order valence-corrected chi connectivity index (χ4v) is 3.99. The molecule has 1 aromatic heterocycles. The number of aromatic nitrogens is 2. The Kier molecular flexibility index (Phi) is 7.09. The summed E-state index contributed by atoms with van der Waals surface area (Å²) < 4.78 is 1.75. The molecule has 7 heteroatoms. The van der Waals surface area contributed by atoms with Gasteiger partial charge >= 0.3 is 0 Å². The van der Waals surface area contributed by atoms with Crippen molar-refractivity contribution in [2.45, 2.75) is 39.7 Å². The van der Waals surface area contributed by atoms with Crippen LogP contribution in [0.3, 0.4) is 0 Å². The lowest BCUT2D eigenvalue weighted by Gasteiger charge is -2.14. The summed E-state index contributed by atoms with van der Waals surface area (Å²) in [7, 11) is 0. The summed E-state index contributed by atoms with van der Waals surface area (Å²) in [4.78, 5) is 31.8. The van der Waals surface area contributed by atoms with Crippen LogP contribution in [0.5, 0.6) is 0 Å². The molecular weight excluding hydrogens is 390 g/mol. The first-order chi connectivity index (χ1) is 13.9. The lowest BCUT2D eigenvalue weighted by atomic mass is 10.1. The molecule has 0 spiro atoms. The third-order valence-electron chi connectivity index (χ3n) is 5.17. The standard InChI is InChI=1S/C22H28ClN3O3/c1-15(2)10-19(28)13-26-14-20(22(29)25-8-6-16(12-25)7-9-27)24-21(26)17-4-3-5-18(23)11-17/h3-5,11,14-16,27H,6-10,12-13H2,1-2H3. The Morgan fingerprint density at radius 2 is 2.14 bits per heavy atom. The van der Waals surface area contributed by atoms with Crippen molar-refractivity contribution in [1.29, 1.82) is 0 Å². The van der Waals surface area contributed by atoms with Crippen LogP contribution in [0.25, 0.3) is 11.4 Å². The lowest BCUT2D eigenvalue weighted by Crippen LogP contribution is -2.29. The van der Waals surface area contributed by atoms with Crippen molar-refractivity contribution in [1.82, 2.24) is 14.5 Å². The first kappa shape index (κ1) is 21.5. The predicted molar refractivity (Wildman–Crippen MR) is 113 cm³/mol. The fourth-order valence-electron chi connectivity index (χ4n) is 3.80. The third-order valence-corrected chi connectivity index (χ3v) is 5.41. The number of carbonyl (C=O) groups excluding carboxylic acids is 2. The molecule has 6 nitrogen and oxygen atoms in total. The molecule has 1 fully saturated rings. The number of rotatable bonds is 8. The molecule has 29 heavy (non-hydrogen) atoms. The van der Waals surface area contributed by atoms with E-state index < -0.39 is 0 Å². The van der Waals surface area contributed by atoms with E-state index in [4.69, 9.17) is 16.7 Å². The summed E-state index contributed by atoms with van der Waals surface area (Å²) in [5.74, 6) is 1.13. The van der Waals surface area contributed by atoms with Crippen LogP contribution in [0.2, 0.25) is 5.02 Å². The van der Waals surface area contributed by atoms with Crippen LogP contribution in [-0.4, -0.2) is 50.9 Å². The number of hydrogen-bond acceptors (Lipinski definition) is 4. The molecule has 1 unspecified atom stereocenters. The fraction of sp³-hybridized carbons (Fsp3) is 0.500. The highest BCUT2D eigenvalue weighted by atomic mass is 35.5. The summed E-state index contributed by atoms with van der Waals surface area (Å²) in [6, 6.07) is 7.27. The molecule has 1 atom stereocenters. The molecule has 1 aliphatic rings. The monoisotopic (exact) mass is 417 g/mol. The van der Waals surface area contributed by atoms with Crippen molar-refractivity contribution < 1.29 is 14.7 Å². The van der Waals surface area contributed by atoms with Crippen molar-refractivity contribution in [3.63, 3.8) is 0 Å². The molecule has 0 aliphatic carbocycles. The maximum Gasteiger partial charge on any atom is 0.274 e. The number of imidazole rings is 1. The molecule has 0 bridgehead atoms. The highest BCUT2D eigenvalue weighted by Gasteiger charge is 2.29. The Morgan fingerprint density at radius 1 is 1.34 bits per heavy atom. The molecule has 1 aromatic carbocycles. The Labute approximate surface area is 176 Å². The minimum atomic E-state index is -0.135. The van der Waals surface area contributed by atoms with Gasteiger partial charge < -0.3 is 14.6 Å². The number of benzene rings is 1. The highest BCUT2D eigenvalue weighted by molar-refractivity contribution is 6.30. The first-order valence-corrected chi connectivity index (χ1v) is 10.5. The smallest absolute Gasteiger partial charge is 0.274 e. The summed E-state index contributed by atoms with van der Waals surface area (Å²) >= 11 is 6.14. The molecule has 156 valence electrons. The zero-order valence-corrected chi connectivity index (χ0v) is 17.7. The number of aliphatic hydroxyl groups excluding tert-OH is 1. The van der Waals surface area contributed by atoms with Crippen LogP contribution in [0.1, 0.15) is 43.6 Å². The largest absolute Gasteiger partial charge is 0.396 e. The molecular formula is C22H28ClN3O3. The second kappa shape index (κ2) is 9.55. The number of hydrogen-bond donors (Lipinski definition) is 1. The Balaban J connectivity index is 1.87. The van der Waals surface area contributed by atoms with Crippen molar-refractivity contribution in [3.05, 3.63) is 41.2 Å². The van der Waals surface area contributed by atoms with Gasteiger partial charge in [-0.25, -0.2) is 4.98 Å². The average Bonchev–Trinajstić information content (AvgIpc) is 3.28. The normalized spacial score (nSPS) is 16.6. The van der Waals surface area contributed by atoms with Gasteiger partial charge in [0.15, 0.2) is 5.78 Å². The second-order valence-corrected chi connectivity index (χ2v) is 8.58. The van der Waals surface area contributed by atoms with E-state index in [-0.39, 0.29) is 30.8 Å². The quantitative estimate of drug-likeness (QED) is 0.711. The number of nitrogens with zero attached hydrogens (tertiary/aromatic N) is 3. The zero-order chi connectivity index (χ0) is 21.0. The van der Waals surface area contributed by atoms with Crippen LogP contribution < -0.4 is 0 Å². The van der Waals surface area contributed by atoms with E-state index in [1.807, 2.05) is 26.0 Å². The second-order valence-electron chi connectivity index (χ2n) is 8.14. The number of amides is 1. The van der Waals surface area contributed by atoms with Gasteiger partial charge in [0.05, 0.1) is 6.54 Å². The highest BCUT2D eigenvalue weighted by Crippen LogP contribution is 2.25. The van der Waals surface area contributed by atoms with Crippen molar-refractivity contribution in [2.24, 2.45) is 11.8 Å². The van der Waals surface area contributed by atoms with Gasteiger partial charge in [0.2, 0.25) is 0 Å². The van der Waals surface area contributed by atoms with Gasteiger partial charge in [0, 0.05) is 42.9 Å². The van der Waals surface area contributed by atoms with Gasteiger partial charge in [-0.3, -0.25) is 9.59 Å². The molecule has 2 heterocycles. The maximum atomic E-state index is 13.0.